The maximum Gasteiger partial charge on any atom is 0.338 e. The number of benzene rings is 1. The van der Waals surface area contributed by atoms with Crippen molar-refractivity contribution in [1.29, 1.82) is 0 Å². The number of aryl methyl sites for hydroxylation is 1. The molecule has 0 aliphatic carbocycles. The van der Waals surface area contributed by atoms with Crippen LogP contribution in [0, 0.1) is 5.92 Å². The van der Waals surface area contributed by atoms with Crippen LogP contribution in [0.25, 0.3) is 0 Å². The summed E-state index contributed by atoms with van der Waals surface area (Å²) in [5, 5.41) is 9.89. The van der Waals surface area contributed by atoms with E-state index in [9.17, 15) is 9.90 Å². The van der Waals surface area contributed by atoms with E-state index in [1.807, 2.05) is 26.0 Å². The van der Waals surface area contributed by atoms with Gasteiger partial charge in [-0.15, -0.1) is 0 Å². The summed E-state index contributed by atoms with van der Waals surface area (Å²) < 4.78 is 5.73. The van der Waals surface area contributed by atoms with E-state index >= 15 is 0 Å². The molecule has 0 bridgehead atoms. The van der Waals surface area contributed by atoms with Gasteiger partial charge in [-0.3, -0.25) is 0 Å². The molecule has 1 aromatic carbocycles. The van der Waals surface area contributed by atoms with Gasteiger partial charge in [-0.25, -0.2) is 4.79 Å². The number of hydrogen-bond acceptors (Lipinski definition) is 3. The van der Waals surface area contributed by atoms with E-state index in [1.54, 1.807) is 6.92 Å². The fourth-order valence-corrected chi connectivity index (χ4v) is 3.46. The first kappa shape index (κ1) is 21.7. The maximum absolute atomic E-state index is 12.8. The van der Waals surface area contributed by atoms with Crippen LogP contribution >= 0.6 is 0 Å². The van der Waals surface area contributed by atoms with Crippen molar-refractivity contribution in [3.05, 3.63) is 34.9 Å². The van der Waals surface area contributed by atoms with E-state index in [1.165, 1.54) is 5.56 Å². The third-order valence-electron chi connectivity index (χ3n) is 5.06. The summed E-state index contributed by atoms with van der Waals surface area (Å²) in [4.78, 5) is 12.8. The Kier molecular flexibility index (Phi) is 9.81. The number of hydrogen-bond donors (Lipinski definition) is 1. The lowest BCUT2D eigenvalue weighted by Gasteiger charge is -2.26. The molecular formula is C22H36O3. The summed E-state index contributed by atoms with van der Waals surface area (Å²) in [6.07, 6.45) is 6.39. The molecule has 0 spiro atoms. The fraction of sp³-hybridized carbons (Fsp3) is 0.682. The average Bonchev–Trinajstić information content (AvgIpc) is 2.58. The quantitative estimate of drug-likeness (QED) is 0.550. The molecule has 142 valence electrons. The third-order valence-corrected chi connectivity index (χ3v) is 5.06. The Morgan fingerprint density at radius 1 is 1.08 bits per heavy atom. The molecule has 0 saturated carbocycles. The summed E-state index contributed by atoms with van der Waals surface area (Å²) in [5.41, 5.74) is 3.13. The summed E-state index contributed by atoms with van der Waals surface area (Å²) in [7, 11) is 0. The highest BCUT2D eigenvalue weighted by Crippen LogP contribution is 2.23. The van der Waals surface area contributed by atoms with Crippen molar-refractivity contribution in [2.45, 2.75) is 91.8 Å². The standard InChI is InChI=1S/C22H36O3/c1-6-9-12-18-13-11-15-21(20(18)14-10-7-2)22(24)25-17(5)19(8-3)16(4)23/h11,13,15-17,19,23H,6-10,12,14H2,1-5H3. The van der Waals surface area contributed by atoms with Gasteiger partial charge in [0.1, 0.15) is 6.10 Å². The predicted molar refractivity (Wildman–Crippen MR) is 104 cm³/mol. The molecule has 3 atom stereocenters. The smallest absolute Gasteiger partial charge is 0.338 e. The molecule has 1 N–H and O–H groups in total. The first-order valence-corrected chi connectivity index (χ1v) is 9.95. The van der Waals surface area contributed by atoms with Crippen LogP contribution in [0.1, 0.15) is 88.2 Å². The topological polar surface area (TPSA) is 46.5 Å². The van der Waals surface area contributed by atoms with Gasteiger partial charge >= 0.3 is 5.97 Å². The fourth-order valence-electron chi connectivity index (χ4n) is 3.46. The number of carbonyl (C=O) groups excluding carboxylic acids is 1. The van der Waals surface area contributed by atoms with Crippen LogP contribution in [0.15, 0.2) is 18.2 Å². The number of ether oxygens (including phenoxy) is 1. The average molecular weight is 349 g/mol. The largest absolute Gasteiger partial charge is 0.459 e. The lowest BCUT2D eigenvalue weighted by Crippen LogP contribution is -2.31. The summed E-state index contributed by atoms with van der Waals surface area (Å²) >= 11 is 0. The van der Waals surface area contributed by atoms with Crippen molar-refractivity contribution in [2.24, 2.45) is 5.92 Å². The van der Waals surface area contributed by atoms with Gasteiger partial charge in [-0.05, 0) is 63.1 Å². The molecule has 3 nitrogen and oxygen atoms in total. The van der Waals surface area contributed by atoms with Crippen molar-refractivity contribution >= 4 is 5.97 Å². The Labute approximate surface area is 153 Å². The van der Waals surface area contributed by atoms with E-state index in [4.69, 9.17) is 4.74 Å². The van der Waals surface area contributed by atoms with Crippen molar-refractivity contribution in [3.63, 3.8) is 0 Å². The summed E-state index contributed by atoms with van der Waals surface area (Å²) in [6.45, 7) is 10.0. The highest BCUT2D eigenvalue weighted by Gasteiger charge is 2.25. The number of unbranched alkanes of at least 4 members (excludes halogenated alkanes) is 2. The van der Waals surface area contributed by atoms with Gasteiger partial charge in [-0.2, -0.15) is 0 Å². The number of carbonyl (C=O) groups is 1. The zero-order valence-corrected chi connectivity index (χ0v) is 16.7. The first-order chi connectivity index (χ1) is 12.0. The van der Waals surface area contributed by atoms with Crippen LogP contribution in [0.5, 0.6) is 0 Å². The highest BCUT2D eigenvalue weighted by atomic mass is 16.5. The van der Waals surface area contributed by atoms with E-state index in [-0.39, 0.29) is 18.0 Å². The maximum atomic E-state index is 12.8. The Morgan fingerprint density at radius 2 is 1.72 bits per heavy atom. The summed E-state index contributed by atoms with van der Waals surface area (Å²) in [6, 6.07) is 6.00. The van der Waals surface area contributed by atoms with Crippen LogP contribution in [0.2, 0.25) is 0 Å². The Hall–Kier alpha value is -1.35. The van der Waals surface area contributed by atoms with Gasteiger partial charge in [0.15, 0.2) is 0 Å². The van der Waals surface area contributed by atoms with E-state index < -0.39 is 6.10 Å². The van der Waals surface area contributed by atoms with Crippen LogP contribution in [-0.2, 0) is 17.6 Å². The first-order valence-electron chi connectivity index (χ1n) is 9.95. The van der Waals surface area contributed by atoms with Gasteiger partial charge in [0.05, 0.1) is 11.7 Å². The van der Waals surface area contributed by atoms with E-state index in [0.29, 0.717) is 5.56 Å². The van der Waals surface area contributed by atoms with Gasteiger partial charge in [0.2, 0.25) is 0 Å². The zero-order valence-electron chi connectivity index (χ0n) is 16.7. The number of rotatable bonds is 11. The Balaban J connectivity index is 3.02. The Bertz CT molecular complexity index is 522. The molecule has 3 unspecified atom stereocenters. The van der Waals surface area contributed by atoms with Crippen molar-refractivity contribution in [3.8, 4) is 0 Å². The minimum atomic E-state index is -0.483. The molecule has 0 aliphatic heterocycles. The van der Waals surface area contributed by atoms with E-state index in [2.05, 4.69) is 19.9 Å². The van der Waals surface area contributed by atoms with Gasteiger partial charge in [0.25, 0.3) is 0 Å². The van der Waals surface area contributed by atoms with Crippen molar-refractivity contribution in [1.82, 2.24) is 0 Å². The molecule has 0 heterocycles. The second-order valence-corrected chi connectivity index (χ2v) is 7.07. The van der Waals surface area contributed by atoms with Crippen molar-refractivity contribution < 1.29 is 14.6 Å². The molecule has 0 saturated heterocycles. The molecular weight excluding hydrogens is 312 g/mol. The number of esters is 1. The number of aliphatic hydroxyl groups is 1. The van der Waals surface area contributed by atoms with Crippen LogP contribution in [0.3, 0.4) is 0 Å². The molecule has 1 aromatic rings. The van der Waals surface area contributed by atoms with Gasteiger partial charge < -0.3 is 9.84 Å². The normalized spacial score (nSPS) is 14.8. The SMILES string of the molecule is CCCCc1cccc(C(=O)OC(C)C(CC)C(C)O)c1CCCC. The molecule has 0 aliphatic rings. The molecule has 3 heteroatoms. The third kappa shape index (κ3) is 6.47. The minimum absolute atomic E-state index is 0.0358. The second-order valence-electron chi connectivity index (χ2n) is 7.07. The van der Waals surface area contributed by atoms with Gasteiger partial charge in [0, 0.05) is 5.92 Å². The molecule has 0 radical (unpaired) electrons. The molecule has 0 fully saturated rings. The molecule has 0 aromatic heterocycles. The zero-order chi connectivity index (χ0) is 18.8. The van der Waals surface area contributed by atoms with Gasteiger partial charge in [-0.1, -0.05) is 45.7 Å². The summed E-state index contributed by atoms with van der Waals surface area (Å²) in [5.74, 6) is -0.289. The predicted octanol–water partition coefficient (Wildman–Crippen LogP) is 5.32. The molecule has 1 rings (SSSR count). The lowest BCUT2D eigenvalue weighted by molar-refractivity contribution is -0.00820. The highest BCUT2D eigenvalue weighted by molar-refractivity contribution is 5.91. The van der Waals surface area contributed by atoms with Crippen molar-refractivity contribution in [2.75, 3.05) is 0 Å². The Morgan fingerprint density at radius 3 is 2.28 bits per heavy atom. The number of aliphatic hydroxyl groups excluding tert-OH is 1. The lowest BCUT2D eigenvalue weighted by atomic mass is 9.92. The molecule has 25 heavy (non-hydrogen) atoms. The van der Waals surface area contributed by atoms with Crippen LogP contribution in [-0.4, -0.2) is 23.3 Å². The minimum Gasteiger partial charge on any atom is -0.459 e. The van der Waals surface area contributed by atoms with Crippen LogP contribution < -0.4 is 0 Å². The monoisotopic (exact) mass is 348 g/mol. The second kappa shape index (κ2) is 11.3. The van der Waals surface area contributed by atoms with Crippen LogP contribution in [0.4, 0.5) is 0 Å². The van der Waals surface area contributed by atoms with E-state index in [0.717, 1.165) is 50.5 Å². The molecule has 0 amide bonds.